The van der Waals surface area contributed by atoms with E-state index in [1.807, 2.05) is 19.2 Å². The molecule has 2 aromatic heterocycles. The maximum absolute atomic E-state index is 12.8. The van der Waals surface area contributed by atoms with E-state index in [1.165, 1.54) is 11.3 Å². The minimum absolute atomic E-state index is 0.0883. The van der Waals surface area contributed by atoms with Crippen molar-refractivity contribution in [3.8, 4) is 0 Å². The molecule has 1 N–H and O–H groups in total. The molecule has 0 spiro atoms. The molecule has 1 atom stereocenters. The van der Waals surface area contributed by atoms with E-state index in [0.29, 0.717) is 16.9 Å². The van der Waals surface area contributed by atoms with Crippen LogP contribution in [-0.2, 0) is 0 Å². The van der Waals surface area contributed by atoms with E-state index in [9.17, 15) is 4.79 Å². The molecule has 0 radical (unpaired) electrons. The maximum Gasteiger partial charge on any atom is 0.257 e. The average molecular weight is 407 g/mol. The molecular formula is C23H30N6O. The summed E-state index contributed by atoms with van der Waals surface area (Å²) in [7, 11) is 0. The second kappa shape index (κ2) is 8.83. The number of anilines is 1. The predicted octanol–water partition coefficient (Wildman–Crippen LogP) is 2.68. The van der Waals surface area contributed by atoms with Crippen molar-refractivity contribution in [2.45, 2.75) is 33.2 Å². The number of carbonyl (C=O) groups excluding carboxylic acids is 1. The van der Waals surface area contributed by atoms with E-state index < -0.39 is 0 Å². The van der Waals surface area contributed by atoms with Gasteiger partial charge in [0.2, 0.25) is 0 Å². The highest BCUT2D eigenvalue weighted by Crippen LogP contribution is 2.18. The lowest BCUT2D eigenvalue weighted by Gasteiger charge is -2.36. The maximum atomic E-state index is 12.8. The predicted molar refractivity (Wildman–Crippen MR) is 119 cm³/mol. The van der Waals surface area contributed by atoms with E-state index in [4.69, 9.17) is 0 Å². The Bertz CT molecular complexity index is 1020. The quantitative estimate of drug-likeness (QED) is 0.682. The minimum Gasteiger partial charge on any atom is -0.369 e. The second-order valence-electron chi connectivity index (χ2n) is 8.18. The Kier molecular flexibility index (Phi) is 5.99. The lowest BCUT2D eigenvalue weighted by Crippen LogP contribution is -2.47. The van der Waals surface area contributed by atoms with Crippen LogP contribution in [0.5, 0.6) is 0 Å². The summed E-state index contributed by atoms with van der Waals surface area (Å²) in [4.78, 5) is 22.1. The number of nitrogens with zero attached hydrogens (tertiary/aromatic N) is 5. The van der Waals surface area contributed by atoms with Crippen LogP contribution in [0.15, 0.2) is 42.7 Å². The third-order valence-electron chi connectivity index (χ3n) is 5.79. The largest absolute Gasteiger partial charge is 0.369 e. The molecule has 1 fully saturated rings. The summed E-state index contributed by atoms with van der Waals surface area (Å²) >= 11 is 0. The first kappa shape index (κ1) is 20.3. The number of amides is 1. The summed E-state index contributed by atoms with van der Waals surface area (Å²) in [5, 5.41) is 7.51. The molecule has 4 rings (SSSR count). The van der Waals surface area contributed by atoms with Crippen molar-refractivity contribution >= 4 is 17.2 Å². The van der Waals surface area contributed by atoms with Crippen molar-refractivity contribution in [1.82, 2.24) is 24.8 Å². The molecule has 7 nitrogen and oxygen atoms in total. The van der Waals surface area contributed by atoms with Crippen molar-refractivity contribution in [3.63, 3.8) is 0 Å². The Morgan fingerprint density at radius 2 is 1.97 bits per heavy atom. The normalized spacial score (nSPS) is 16.0. The van der Waals surface area contributed by atoms with Gasteiger partial charge in [0.05, 0.1) is 5.69 Å². The van der Waals surface area contributed by atoms with Crippen molar-refractivity contribution in [2.24, 2.45) is 0 Å². The molecule has 158 valence electrons. The van der Waals surface area contributed by atoms with Gasteiger partial charge in [-0.05, 0) is 51.0 Å². The first-order valence-electron chi connectivity index (χ1n) is 10.7. The Hall–Kier alpha value is -2.93. The number of carbonyl (C=O) groups is 1. The zero-order valence-corrected chi connectivity index (χ0v) is 18.0. The molecule has 1 aliphatic heterocycles. The van der Waals surface area contributed by atoms with Crippen molar-refractivity contribution in [1.29, 1.82) is 0 Å². The average Bonchev–Trinajstić information content (AvgIpc) is 3.08. The lowest BCUT2D eigenvalue weighted by atomic mass is 10.1. The van der Waals surface area contributed by atoms with E-state index in [-0.39, 0.29) is 11.9 Å². The summed E-state index contributed by atoms with van der Waals surface area (Å²) < 4.78 is 1.66. The summed E-state index contributed by atoms with van der Waals surface area (Å²) in [6.07, 6.45) is 4.42. The van der Waals surface area contributed by atoms with E-state index in [1.54, 1.807) is 10.7 Å². The highest BCUT2D eigenvalue weighted by Gasteiger charge is 2.21. The molecular weight excluding hydrogens is 376 g/mol. The molecule has 3 aromatic rings. The van der Waals surface area contributed by atoms with Crippen LogP contribution in [0.3, 0.4) is 0 Å². The molecule has 30 heavy (non-hydrogen) atoms. The van der Waals surface area contributed by atoms with Gasteiger partial charge in [-0.25, -0.2) is 9.50 Å². The monoisotopic (exact) mass is 406 g/mol. The van der Waals surface area contributed by atoms with Gasteiger partial charge >= 0.3 is 0 Å². The van der Waals surface area contributed by atoms with Gasteiger partial charge in [-0.3, -0.25) is 9.69 Å². The van der Waals surface area contributed by atoms with E-state index >= 15 is 0 Å². The van der Waals surface area contributed by atoms with E-state index in [0.717, 1.165) is 39.1 Å². The number of benzene rings is 1. The van der Waals surface area contributed by atoms with Crippen LogP contribution in [0.25, 0.3) is 5.65 Å². The van der Waals surface area contributed by atoms with Crippen molar-refractivity contribution in [2.75, 3.05) is 37.6 Å². The molecule has 1 aromatic carbocycles. The molecule has 7 heteroatoms. The Balaban J connectivity index is 1.27. The van der Waals surface area contributed by atoms with Crippen LogP contribution in [0.2, 0.25) is 0 Å². The highest BCUT2D eigenvalue weighted by atomic mass is 16.1. The lowest BCUT2D eigenvalue weighted by molar-refractivity contribution is 0.0936. The van der Waals surface area contributed by atoms with Gasteiger partial charge in [-0.2, -0.15) is 5.10 Å². The number of fused-ring (bicyclic) bond motifs is 1. The van der Waals surface area contributed by atoms with Gasteiger partial charge in [0.15, 0.2) is 5.65 Å². The molecule has 0 bridgehead atoms. The first-order chi connectivity index (χ1) is 14.5. The standard InChI is InChI=1S/C23H30N6O/c1-17-6-4-7-20(16-17)28-14-12-27(13-15-28)11-8-18(2)25-23(30)21-19(3)26-29-10-5-9-24-22(21)29/h4-7,9-10,16,18H,8,11-15H2,1-3H3,(H,25,30). The zero-order valence-electron chi connectivity index (χ0n) is 18.0. The number of aryl methyl sites for hydroxylation is 2. The van der Waals surface area contributed by atoms with Gasteiger partial charge in [0.1, 0.15) is 5.56 Å². The van der Waals surface area contributed by atoms with Crippen LogP contribution in [-0.4, -0.2) is 64.2 Å². The Morgan fingerprint density at radius 3 is 2.73 bits per heavy atom. The second-order valence-corrected chi connectivity index (χ2v) is 8.18. The van der Waals surface area contributed by atoms with Crippen LogP contribution < -0.4 is 10.2 Å². The summed E-state index contributed by atoms with van der Waals surface area (Å²) in [5.41, 5.74) is 4.48. The van der Waals surface area contributed by atoms with Gasteiger partial charge in [-0.1, -0.05) is 12.1 Å². The number of aromatic nitrogens is 3. The van der Waals surface area contributed by atoms with Crippen LogP contribution in [0.1, 0.15) is 35.0 Å². The fraction of sp³-hybridized carbons (Fsp3) is 0.435. The number of nitrogens with one attached hydrogen (secondary N) is 1. The third-order valence-corrected chi connectivity index (χ3v) is 5.79. The SMILES string of the molecule is Cc1cccc(N2CCN(CCC(C)NC(=O)c3c(C)nn4cccnc34)CC2)c1. The van der Waals surface area contributed by atoms with Gasteiger partial charge in [0, 0.05) is 56.8 Å². The number of rotatable bonds is 6. The topological polar surface area (TPSA) is 65.8 Å². The third kappa shape index (κ3) is 4.46. The summed E-state index contributed by atoms with van der Waals surface area (Å²) in [6, 6.07) is 10.6. The zero-order chi connectivity index (χ0) is 21.1. The first-order valence-corrected chi connectivity index (χ1v) is 10.7. The molecule has 0 saturated carbocycles. The van der Waals surface area contributed by atoms with Crippen molar-refractivity contribution < 1.29 is 4.79 Å². The molecule has 3 heterocycles. The van der Waals surface area contributed by atoms with Gasteiger partial charge in [-0.15, -0.1) is 0 Å². The molecule has 1 amide bonds. The Morgan fingerprint density at radius 1 is 1.17 bits per heavy atom. The fourth-order valence-electron chi connectivity index (χ4n) is 4.06. The Labute approximate surface area is 177 Å². The number of piperazine rings is 1. The van der Waals surface area contributed by atoms with Gasteiger partial charge < -0.3 is 10.2 Å². The molecule has 1 saturated heterocycles. The van der Waals surface area contributed by atoms with Crippen LogP contribution in [0, 0.1) is 13.8 Å². The fourth-order valence-corrected chi connectivity index (χ4v) is 4.06. The molecule has 1 unspecified atom stereocenters. The molecule has 1 aliphatic rings. The van der Waals surface area contributed by atoms with Crippen LogP contribution >= 0.6 is 0 Å². The van der Waals surface area contributed by atoms with Crippen molar-refractivity contribution in [3.05, 3.63) is 59.5 Å². The van der Waals surface area contributed by atoms with E-state index in [2.05, 4.69) is 63.3 Å². The minimum atomic E-state index is -0.0991. The van der Waals surface area contributed by atoms with Crippen LogP contribution in [0.4, 0.5) is 5.69 Å². The summed E-state index contributed by atoms with van der Waals surface area (Å²) in [5.74, 6) is -0.0991. The summed E-state index contributed by atoms with van der Waals surface area (Å²) in [6.45, 7) is 11.2. The van der Waals surface area contributed by atoms with Gasteiger partial charge in [0.25, 0.3) is 5.91 Å². The number of hydrogen-bond donors (Lipinski definition) is 1. The molecule has 0 aliphatic carbocycles. The highest BCUT2D eigenvalue weighted by molar-refractivity contribution is 6.01. The smallest absolute Gasteiger partial charge is 0.257 e. The number of hydrogen-bond acceptors (Lipinski definition) is 5.